The summed E-state index contributed by atoms with van der Waals surface area (Å²) in [6.45, 7) is 6.42. The van der Waals surface area contributed by atoms with Crippen molar-refractivity contribution in [3.8, 4) is 5.75 Å². The van der Waals surface area contributed by atoms with Gasteiger partial charge in [-0.2, -0.15) is 0 Å². The van der Waals surface area contributed by atoms with E-state index in [9.17, 15) is 0 Å². The number of methoxy groups -OCH3 is 1. The maximum atomic E-state index is 8.30. The molecule has 4 rings (SSSR count). The molecule has 0 spiro atoms. The Bertz CT molecular complexity index is 1130. The fourth-order valence-corrected chi connectivity index (χ4v) is 10.9. The minimum atomic E-state index is -3.38. The zero-order valence-electron chi connectivity index (χ0n) is 19.2. The van der Waals surface area contributed by atoms with Gasteiger partial charge in [-0.1, -0.05) is 0 Å². The molecule has 4 aromatic carbocycles. The van der Waals surface area contributed by atoms with Crippen LogP contribution in [0.3, 0.4) is 0 Å². The first-order valence-electron chi connectivity index (χ1n) is 10.9. The molecule has 0 bridgehead atoms. The first-order valence-corrected chi connectivity index (χ1v) is 14.2. The molecule has 0 radical (unpaired) electrons. The summed E-state index contributed by atoms with van der Waals surface area (Å²) in [6.07, 6.45) is 0.730. The van der Waals surface area contributed by atoms with E-state index < -0.39 is 5.96 Å². The summed E-state index contributed by atoms with van der Waals surface area (Å²) in [5.41, 5.74) is 4.84. The van der Waals surface area contributed by atoms with Crippen LogP contribution in [0.15, 0.2) is 97.1 Å². The van der Waals surface area contributed by atoms with Crippen molar-refractivity contribution in [1.29, 1.82) is 0 Å². The van der Waals surface area contributed by atoms with Crippen molar-refractivity contribution in [3.05, 3.63) is 119 Å². The summed E-state index contributed by atoms with van der Waals surface area (Å²) < 4.78 is 5.40. The zero-order chi connectivity index (χ0) is 22.8. The number of rotatable bonds is 6. The molecule has 4 aromatic rings. The Morgan fingerprint density at radius 2 is 1.03 bits per heavy atom. The van der Waals surface area contributed by atoms with Gasteiger partial charge in [-0.15, -0.1) is 0 Å². The predicted octanol–water partition coefficient (Wildman–Crippen LogP) is 6.80. The summed E-state index contributed by atoms with van der Waals surface area (Å²) in [6, 6.07) is 34.6. The molecule has 0 atom stereocenters. The Kier molecular flexibility index (Phi) is 6.17. The van der Waals surface area contributed by atoms with Crippen LogP contribution < -0.4 is 20.7 Å². The van der Waals surface area contributed by atoms with Gasteiger partial charge >= 0.3 is 197 Å². The fraction of sp³-hybridized carbons (Fsp3) is 0.172. The predicted molar refractivity (Wildman–Crippen MR) is 142 cm³/mol. The molecule has 32 heavy (non-hydrogen) atoms. The average Bonchev–Trinajstić information content (AvgIpc) is 2.80. The van der Waals surface area contributed by atoms with Gasteiger partial charge in [-0.05, 0) is 0 Å². The number of halogens is 1. The van der Waals surface area contributed by atoms with E-state index in [1.807, 2.05) is 12.1 Å². The van der Waals surface area contributed by atoms with Crippen LogP contribution in [0.1, 0.15) is 22.3 Å². The van der Waals surface area contributed by atoms with Crippen LogP contribution in [0.5, 0.6) is 5.75 Å². The second kappa shape index (κ2) is 8.74. The normalized spacial score (nSPS) is 12.7. The van der Waals surface area contributed by atoms with Crippen molar-refractivity contribution >= 4 is 33.1 Å². The molecular formula is C29H30ClOP. The number of hydrogen-bond acceptors (Lipinski definition) is 1. The van der Waals surface area contributed by atoms with Crippen LogP contribution in [0, 0.1) is 20.8 Å². The Morgan fingerprint density at radius 3 is 1.38 bits per heavy atom. The van der Waals surface area contributed by atoms with Gasteiger partial charge in [0.2, 0.25) is 0 Å². The molecule has 164 valence electrons. The molecule has 1 nitrogen and oxygen atoms in total. The van der Waals surface area contributed by atoms with Crippen LogP contribution in [0.25, 0.3) is 0 Å². The second-order valence-corrected chi connectivity index (χ2v) is 15.2. The third-order valence-corrected chi connectivity index (χ3v) is 13.4. The number of benzene rings is 4. The van der Waals surface area contributed by atoms with E-state index in [-0.39, 0.29) is 0 Å². The van der Waals surface area contributed by atoms with Crippen molar-refractivity contribution in [3.63, 3.8) is 0 Å². The van der Waals surface area contributed by atoms with Gasteiger partial charge in [-0.25, -0.2) is 0 Å². The summed E-state index contributed by atoms with van der Waals surface area (Å²) in [7, 11) is 1.70. The van der Waals surface area contributed by atoms with Crippen molar-refractivity contribution in [1.82, 2.24) is 0 Å². The first-order chi connectivity index (χ1) is 15.3. The van der Waals surface area contributed by atoms with Crippen LogP contribution in [0.2, 0.25) is 0 Å². The molecule has 0 unspecified atom stereocenters. The maximum absolute atomic E-state index is 8.30. The third-order valence-electron chi connectivity index (χ3n) is 6.26. The second-order valence-electron chi connectivity index (χ2n) is 8.71. The zero-order valence-corrected chi connectivity index (χ0v) is 20.8. The Morgan fingerprint density at radius 1 is 0.625 bits per heavy atom. The van der Waals surface area contributed by atoms with Gasteiger partial charge in [0.25, 0.3) is 0 Å². The van der Waals surface area contributed by atoms with E-state index in [1.54, 1.807) is 7.11 Å². The Balaban J connectivity index is 2.10. The van der Waals surface area contributed by atoms with Gasteiger partial charge in [0.15, 0.2) is 0 Å². The molecule has 0 aliphatic carbocycles. The van der Waals surface area contributed by atoms with Crippen LogP contribution in [0.4, 0.5) is 0 Å². The van der Waals surface area contributed by atoms with Crippen LogP contribution in [-0.4, -0.2) is 7.11 Å². The van der Waals surface area contributed by atoms with Gasteiger partial charge in [0.05, 0.1) is 0 Å². The molecule has 0 aromatic heterocycles. The van der Waals surface area contributed by atoms with Crippen LogP contribution >= 0.6 is 17.2 Å². The summed E-state index contributed by atoms with van der Waals surface area (Å²) >= 11 is 8.30. The third kappa shape index (κ3) is 3.96. The molecule has 0 heterocycles. The van der Waals surface area contributed by atoms with Crippen molar-refractivity contribution < 1.29 is 4.74 Å². The van der Waals surface area contributed by atoms with E-state index in [4.69, 9.17) is 16.0 Å². The van der Waals surface area contributed by atoms with E-state index >= 15 is 0 Å². The molecular weight excluding hydrogens is 431 g/mol. The molecule has 0 saturated carbocycles. The summed E-state index contributed by atoms with van der Waals surface area (Å²) in [4.78, 5) is 0. The van der Waals surface area contributed by atoms with Gasteiger partial charge in [0.1, 0.15) is 0 Å². The molecule has 0 fully saturated rings. The SMILES string of the molecule is COc1ccc(CP(Cl)(c2cccc(C)c2)(c2cccc(C)c2)c2cccc(C)c2)cc1. The van der Waals surface area contributed by atoms with Gasteiger partial charge in [0, 0.05) is 0 Å². The van der Waals surface area contributed by atoms with Gasteiger partial charge < -0.3 is 0 Å². The van der Waals surface area contributed by atoms with Crippen molar-refractivity contribution in [2.24, 2.45) is 0 Å². The molecule has 0 amide bonds. The number of hydrogen-bond donors (Lipinski definition) is 0. The molecule has 0 N–H and O–H groups in total. The Labute approximate surface area is 196 Å². The first kappa shape index (κ1) is 22.6. The molecule has 3 heteroatoms. The van der Waals surface area contributed by atoms with Crippen LogP contribution in [-0.2, 0) is 6.16 Å². The summed E-state index contributed by atoms with van der Waals surface area (Å²) in [5.74, 6) is -2.52. The van der Waals surface area contributed by atoms with E-state index in [0.29, 0.717) is 0 Å². The number of ether oxygens (including phenoxy) is 1. The van der Waals surface area contributed by atoms with Crippen molar-refractivity contribution in [2.75, 3.05) is 7.11 Å². The van der Waals surface area contributed by atoms with E-state index in [1.165, 1.54) is 38.2 Å². The number of aryl methyl sites for hydroxylation is 3. The average molecular weight is 461 g/mol. The molecule has 0 aliphatic rings. The molecule has 0 aliphatic heterocycles. The summed E-state index contributed by atoms with van der Waals surface area (Å²) in [5, 5.41) is 3.60. The molecule has 0 saturated heterocycles. The standard InChI is InChI=1S/C29H30ClOP/c1-22-8-5-11-27(18-22)32(30,28-12-6-9-23(2)19-28,29-13-7-10-24(3)20-29)21-25-14-16-26(31-4)17-15-25/h5-20H,21H2,1-4H3. The van der Waals surface area contributed by atoms with E-state index in [0.717, 1.165) is 11.9 Å². The minimum absolute atomic E-state index is 0.730. The fourth-order valence-electron chi connectivity index (χ4n) is 4.55. The quantitative estimate of drug-likeness (QED) is 0.287. The van der Waals surface area contributed by atoms with Gasteiger partial charge in [-0.3, -0.25) is 0 Å². The van der Waals surface area contributed by atoms with Crippen molar-refractivity contribution in [2.45, 2.75) is 26.9 Å². The topological polar surface area (TPSA) is 9.23 Å². The monoisotopic (exact) mass is 460 g/mol. The van der Waals surface area contributed by atoms with E-state index in [2.05, 4.69) is 106 Å². The Hall–Kier alpha value is -2.60.